The molecule has 0 aromatic rings. The van der Waals surface area contributed by atoms with Gasteiger partial charge in [0, 0.05) is 13.7 Å². The van der Waals surface area contributed by atoms with E-state index in [0.29, 0.717) is 0 Å². The van der Waals surface area contributed by atoms with Crippen molar-refractivity contribution in [1.82, 2.24) is 0 Å². The van der Waals surface area contributed by atoms with Crippen LogP contribution in [0.4, 0.5) is 12.9 Å². The van der Waals surface area contributed by atoms with E-state index in [-0.39, 0.29) is 70.3 Å². The Morgan fingerprint density at radius 1 is 1.45 bits per heavy atom. The van der Waals surface area contributed by atoms with Gasteiger partial charge in [0.1, 0.15) is 0 Å². The van der Waals surface area contributed by atoms with E-state index < -0.39 is 12.8 Å². The molecule has 1 fully saturated rings. The van der Waals surface area contributed by atoms with Gasteiger partial charge in [0.2, 0.25) is 0 Å². The second-order valence-corrected chi connectivity index (χ2v) is 2.74. The van der Waals surface area contributed by atoms with Gasteiger partial charge in [0.05, 0.1) is 0 Å². The van der Waals surface area contributed by atoms with E-state index in [1.165, 1.54) is 7.11 Å². The maximum atomic E-state index is 11.8. The Morgan fingerprint density at radius 3 is 2.27 bits per heavy atom. The summed E-state index contributed by atoms with van der Waals surface area (Å²) in [5.74, 6) is -1.27. The van der Waals surface area contributed by atoms with Crippen LogP contribution in [-0.2, 0) is 4.74 Å². The van der Waals surface area contributed by atoms with E-state index in [0.717, 1.165) is 0 Å². The summed E-state index contributed by atoms with van der Waals surface area (Å²) in [5, 5.41) is 0. The quantitative estimate of drug-likeness (QED) is 0.514. The zero-order valence-electron chi connectivity index (χ0n) is 6.69. The van der Waals surface area contributed by atoms with Crippen LogP contribution in [0.5, 0.6) is 0 Å². The zero-order valence-corrected chi connectivity index (χ0v) is 9.81. The average Bonchev–Trinajstić information content (AvgIpc) is 2.44. The average molecular weight is 192 g/mol. The predicted octanol–water partition coefficient (Wildman–Crippen LogP) is -1.13. The van der Waals surface area contributed by atoms with Crippen LogP contribution < -0.4 is 51.4 Å². The van der Waals surface area contributed by atoms with Crippen molar-refractivity contribution in [3.05, 3.63) is 0 Å². The Kier molecular flexibility index (Phi) is 5.23. The Bertz CT molecular complexity index is 129. The Balaban J connectivity index is 0.000001000. The van der Waals surface area contributed by atoms with Crippen molar-refractivity contribution in [2.45, 2.75) is 12.2 Å². The Morgan fingerprint density at radius 2 is 2.00 bits per heavy atom. The van der Waals surface area contributed by atoms with Gasteiger partial charge in [-0.2, -0.15) is 0 Å². The van der Waals surface area contributed by atoms with Crippen molar-refractivity contribution in [3.8, 4) is 0 Å². The third-order valence-corrected chi connectivity index (χ3v) is 1.84. The molecule has 0 aromatic heterocycles. The molecule has 60 valence electrons. The van der Waals surface area contributed by atoms with Crippen LogP contribution in [0.25, 0.3) is 0 Å². The molecule has 0 aromatic carbocycles. The van der Waals surface area contributed by atoms with Crippen molar-refractivity contribution in [2.24, 2.45) is 5.92 Å². The maximum absolute atomic E-state index is 11.8. The smallest absolute Gasteiger partial charge is 0.449 e. The summed E-state index contributed by atoms with van der Waals surface area (Å²) in [4.78, 5) is 0. The molecule has 6 heteroatoms. The predicted molar refractivity (Wildman–Crippen MR) is 32.8 cm³/mol. The minimum absolute atomic E-state index is 0. The number of rotatable bonds is 3. The minimum Gasteiger partial charge on any atom is -0.449 e. The number of halogens is 3. The monoisotopic (exact) mass is 192 g/mol. The van der Waals surface area contributed by atoms with Crippen LogP contribution in [0.3, 0.4) is 0 Å². The molecule has 11 heavy (non-hydrogen) atoms. The summed E-state index contributed by atoms with van der Waals surface area (Å²) in [6.45, 7) is -4.33. The summed E-state index contributed by atoms with van der Waals surface area (Å²) in [6, 6.07) is 0. The van der Waals surface area contributed by atoms with Gasteiger partial charge in [0.25, 0.3) is 0 Å². The normalized spacial score (nSPS) is 29.5. The van der Waals surface area contributed by atoms with E-state index in [1.807, 2.05) is 0 Å². The van der Waals surface area contributed by atoms with Crippen LogP contribution in [-0.4, -0.2) is 20.7 Å². The fraction of sp³-hybridized carbons (Fsp3) is 1.00. The Hall–Kier alpha value is 1.45. The van der Waals surface area contributed by atoms with E-state index in [2.05, 4.69) is 4.74 Å². The van der Waals surface area contributed by atoms with Crippen molar-refractivity contribution >= 4 is 6.98 Å². The molecule has 0 heterocycles. The standard InChI is InChI=1S/C5H9BF3O.K/c1-10-3-4-2-5(4)6(7,8)9;/h4-5H,2-3H2,1H3;/q-1;+1/t4-,5+;/m0./s1. The largest absolute Gasteiger partial charge is 1.00 e. The fourth-order valence-electron chi connectivity index (χ4n) is 1.14. The van der Waals surface area contributed by atoms with Crippen molar-refractivity contribution < 1.29 is 69.1 Å². The van der Waals surface area contributed by atoms with Crippen LogP contribution in [0.15, 0.2) is 0 Å². The second kappa shape index (κ2) is 4.62. The molecular weight excluding hydrogens is 183 g/mol. The van der Waals surface area contributed by atoms with E-state index >= 15 is 0 Å². The first-order valence-corrected chi connectivity index (χ1v) is 3.24. The molecule has 0 spiro atoms. The van der Waals surface area contributed by atoms with Gasteiger partial charge in [0.15, 0.2) is 0 Å². The number of hydrogen-bond acceptors (Lipinski definition) is 1. The van der Waals surface area contributed by atoms with Crippen molar-refractivity contribution in [3.63, 3.8) is 0 Å². The topological polar surface area (TPSA) is 9.23 Å². The first-order valence-electron chi connectivity index (χ1n) is 3.24. The Labute approximate surface area is 107 Å². The van der Waals surface area contributed by atoms with Crippen molar-refractivity contribution in [2.75, 3.05) is 13.7 Å². The summed E-state index contributed by atoms with van der Waals surface area (Å²) in [7, 11) is 1.43. The van der Waals surface area contributed by atoms with Crippen LogP contribution >= 0.6 is 0 Å². The van der Waals surface area contributed by atoms with Gasteiger partial charge in [-0.15, -0.1) is 0 Å². The first kappa shape index (κ1) is 12.5. The van der Waals surface area contributed by atoms with E-state index in [1.54, 1.807) is 0 Å². The van der Waals surface area contributed by atoms with Gasteiger partial charge in [-0.05, 0) is 5.92 Å². The maximum Gasteiger partial charge on any atom is 1.00 e. The second-order valence-electron chi connectivity index (χ2n) is 2.74. The van der Waals surface area contributed by atoms with Gasteiger partial charge in [-0.3, -0.25) is 0 Å². The number of hydrogen-bond donors (Lipinski definition) is 0. The molecule has 0 bridgehead atoms. The van der Waals surface area contributed by atoms with E-state index in [9.17, 15) is 12.9 Å². The SMILES string of the molecule is COC[C@@H]1C[C@H]1[B-](F)(F)F.[K+]. The van der Waals surface area contributed by atoms with Gasteiger partial charge in [-0.1, -0.05) is 12.2 Å². The summed E-state index contributed by atoms with van der Waals surface area (Å²) >= 11 is 0. The van der Waals surface area contributed by atoms with Gasteiger partial charge < -0.3 is 17.7 Å². The molecule has 1 rings (SSSR count). The molecule has 0 aliphatic heterocycles. The van der Waals surface area contributed by atoms with Gasteiger partial charge in [-0.25, -0.2) is 0 Å². The molecular formula is C5H9BF3KO. The molecule has 1 aliphatic rings. The molecule has 0 unspecified atom stereocenters. The summed E-state index contributed by atoms with van der Waals surface area (Å²) in [5.41, 5.74) is 0. The number of ether oxygens (including phenoxy) is 1. The fourth-order valence-corrected chi connectivity index (χ4v) is 1.14. The molecule has 1 nitrogen and oxygen atoms in total. The third kappa shape index (κ3) is 3.78. The molecule has 2 atom stereocenters. The minimum atomic E-state index is -4.58. The first-order chi connectivity index (χ1) is 4.55. The molecule has 1 aliphatic carbocycles. The zero-order chi connectivity index (χ0) is 7.78. The van der Waals surface area contributed by atoms with Crippen LogP contribution in [0.2, 0.25) is 5.82 Å². The summed E-state index contributed by atoms with van der Waals surface area (Å²) < 4.78 is 40.1. The summed E-state index contributed by atoms with van der Waals surface area (Å²) in [6.07, 6.45) is 0.275. The molecule has 0 saturated heterocycles. The van der Waals surface area contributed by atoms with Crippen molar-refractivity contribution in [1.29, 1.82) is 0 Å². The molecule has 0 N–H and O–H groups in total. The molecule has 0 amide bonds. The molecule has 0 radical (unpaired) electrons. The molecule has 1 saturated carbocycles. The van der Waals surface area contributed by atoms with E-state index in [4.69, 9.17) is 0 Å². The van der Waals surface area contributed by atoms with Crippen LogP contribution in [0, 0.1) is 5.92 Å². The van der Waals surface area contributed by atoms with Crippen LogP contribution in [0.1, 0.15) is 6.42 Å². The number of methoxy groups -OCH3 is 1. The third-order valence-electron chi connectivity index (χ3n) is 1.84. The van der Waals surface area contributed by atoms with Gasteiger partial charge >= 0.3 is 58.4 Å².